The Morgan fingerprint density at radius 1 is 1.50 bits per heavy atom. The number of aryl methyl sites for hydroxylation is 1. The summed E-state index contributed by atoms with van der Waals surface area (Å²) in [5.41, 5.74) is -1.56. The Morgan fingerprint density at radius 2 is 2.15 bits per heavy atom. The van der Waals surface area contributed by atoms with Crippen LogP contribution < -0.4 is 0 Å². The van der Waals surface area contributed by atoms with Gasteiger partial charge in [0, 0.05) is 13.5 Å². The Kier molecular flexibility index (Phi) is 4.06. The van der Waals surface area contributed by atoms with Gasteiger partial charge in [0.2, 0.25) is 0 Å². The smallest absolute Gasteiger partial charge is 0.323 e. The van der Waals surface area contributed by atoms with E-state index >= 15 is 0 Å². The first-order chi connectivity index (χ1) is 9.52. The number of carbonyl (C=O) groups is 2. The summed E-state index contributed by atoms with van der Waals surface area (Å²) in [6, 6.07) is 0. The zero-order valence-electron chi connectivity index (χ0n) is 11.7. The molecule has 7 heteroatoms. The molecule has 20 heavy (non-hydrogen) atoms. The van der Waals surface area contributed by atoms with Crippen molar-refractivity contribution in [3.05, 3.63) is 12.2 Å². The maximum absolute atomic E-state index is 12.2. The topological polar surface area (TPSA) is 94.3 Å². The van der Waals surface area contributed by atoms with E-state index in [0.29, 0.717) is 5.82 Å². The summed E-state index contributed by atoms with van der Waals surface area (Å²) in [5, 5.41) is 13.6. The van der Waals surface area contributed by atoms with E-state index in [-0.39, 0.29) is 12.3 Å². The largest absolute Gasteiger partial charge is 0.480 e. The predicted molar refractivity (Wildman–Crippen MR) is 68.7 cm³/mol. The number of aliphatic carboxylic acids is 1. The molecule has 0 aliphatic heterocycles. The number of carboxylic acid groups (broad SMARTS) is 1. The van der Waals surface area contributed by atoms with E-state index in [1.807, 2.05) is 0 Å². The number of hydrogen-bond acceptors (Lipinski definition) is 5. The van der Waals surface area contributed by atoms with Crippen LogP contribution in [0.1, 0.15) is 31.5 Å². The summed E-state index contributed by atoms with van der Waals surface area (Å²) in [6.45, 7) is 0. The van der Waals surface area contributed by atoms with E-state index < -0.39 is 17.4 Å². The molecule has 1 heterocycles. The number of hydrogen-bond donors (Lipinski definition) is 1. The first-order valence-electron chi connectivity index (χ1n) is 6.67. The third-order valence-corrected chi connectivity index (χ3v) is 4.23. The molecule has 1 aromatic rings. The normalized spacial score (nSPS) is 18.7. The molecule has 1 N–H and O–H groups in total. The van der Waals surface area contributed by atoms with Crippen LogP contribution in [0.15, 0.2) is 6.33 Å². The molecule has 0 amide bonds. The van der Waals surface area contributed by atoms with Crippen LogP contribution in [-0.4, -0.2) is 38.9 Å². The Bertz CT molecular complexity index is 507. The highest BCUT2D eigenvalue weighted by Crippen LogP contribution is 2.43. The molecule has 110 valence electrons. The highest BCUT2D eigenvalue weighted by atomic mass is 16.5. The molecule has 0 spiro atoms. The lowest BCUT2D eigenvalue weighted by Gasteiger charge is -2.31. The number of ether oxygens (including phenoxy) is 1. The van der Waals surface area contributed by atoms with Gasteiger partial charge in [0.1, 0.15) is 12.2 Å². The fourth-order valence-corrected chi connectivity index (χ4v) is 3.05. The van der Waals surface area contributed by atoms with E-state index in [4.69, 9.17) is 4.74 Å². The standard InChI is InChI=1S/C13H19N3O4/c1-16-10(14-8-15-16)7-13(11(17)18,12(19)20-2)9-5-3-4-6-9/h8-9H,3-7H2,1-2H3,(H,17,18). The molecule has 0 saturated heterocycles. The Morgan fingerprint density at radius 3 is 2.60 bits per heavy atom. The maximum atomic E-state index is 12.2. The van der Waals surface area contributed by atoms with Gasteiger partial charge in [-0.15, -0.1) is 0 Å². The summed E-state index contributed by atoms with van der Waals surface area (Å²) >= 11 is 0. The lowest BCUT2D eigenvalue weighted by Crippen LogP contribution is -2.48. The van der Waals surface area contributed by atoms with Gasteiger partial charge in [0.25, 0.3) is 0 Å². The van der Waals surface area contributed by atoms with Gasteiger partial charge >= 0.3 is 11.9 Å². The Labute approximate surface area is 116 Å². The van der Waals surface area contributed by atoms with Crippen molar-refractivity contribution < 1.29 is 19.4 Å². The van der Waals surface area contributed by atoms with Crippen molar-refractivity contribution >= 4 is 11.9 Å². The molecule has 1 aromatic heterocycles. The van der Waals surface area contributed by atoms with Crippen molar-refractivity contribution in [3.8, 4) is 0 Å². The van der Waals surface area contributed by atoms with E-state index in [1.54, 1.807) is 7.05 Å². The van der Waals surface area contributed by atoms with Gasteiger partial charge in [-0.25, -0.2) is 4.98 Å². The number of methoxy groups -OCH3 is 1. The van der Waals surface area contributed by atoms with Crippen molar-refractivity contribution in [2.24, 2.45) is 18.4 Å². The SMILES string of the molecule is COC(=O)C(Cc1ncnn1C)(C(=O)O)C1CCCC1. The van der Waals surface area contributed by atoms with Crippen LogP contribution in [0.25, 0.3) is 0 Å². The molecule has 1 aliphatic carbocycles. The predicted octanol–water partition coefficient (Wildman–Crippen LogP) is 0.792. The van der Waals surface area contributed by atoms with E-state index in [9.17, 15) is 14.7 Å². The minimum absolute atomic E-state index is 0.0101. The van der Waals surface area contributed by atoms with Crippen LogP contribution in [0.5, 0.6) is 0 Å². The average molecular weight is 281 g/mol. The van der Waals surface area contributed by atoms with E-state index in [2.05, 4.69) is 10.1 Å². The van der Waals surface area contributed by atoms with Crippen LogP contribution in [0.4, 0.5) is 0 Å². The lowest BCUT2D eigenvalue weighted by molar-refractivity contribution is -0.171. The number of nitrogens with zero attached hydrogens (tertiary/aromatic N) is 3. The van der Waals surface area contributed by atoms with Gasteiger partial charge in [-0.1, -0.05) is 12.8 Å². The average Bonchev–Trinajstić information content (AvgIpc) is 3.07. The quantitative estimate of drug-likeness (QED) is 0.633. The van der Waals surface area contributed by atoms with Gasteiger partial charge < -0.3 is 9.84 Å². The second kappa shape index (κ2) is 5.60. The zero-order valence-corrected chi connectivity index (χ0v) is 11.7. The molecule has 1 unspecified atom stereocenters. The molecule has 1 aliphatic rings. The van der Waals surface area contributed by atoms with Gasteiger partial charge in [-0.05, 0) is 18.8 Å². The molecule has 0 aromatic carbocycles. The molecule has 0 radical (unpaired) electrons. The first-order valence-corrected chi connectivity index (χ1v) is 6.67. The molecule has 1 atom stereocenters. The van der Waals surface area contributed by atoms with Gasteiger partial charge in [-0.2, -0.15) is 5.10 Å². The minimum atomic E-state index is -1.56. The fraction of sp³-hybridized carbons (Fsp3) is 0.692. The van der Waals surface area contributed by atoms with Crippen molar-refractivity contribution in [2.75, 3.05) is 7.11 Å². The molecule has 2 rings (SSSR count). The molecular formula is C13H19N3O4. The van der Waals surface area contributed by atoms with Crippen LogP contribution in [0, 0.1) is 11.3 Å². The van der Waals surface area contributed by atoms with E-state index in [1.165, 1.54) is 18.1 Å². The number of rotatable bonds is 5. The molecule has 7 nitrogen and oxygen atoms in total. The van der Waals surface area contributed by atoms with Gasteiger partial charge in [0.15, 0.2) is 5.41 Å². The van der Waals surface area contributed by atoms with Gasteiger partial charge in [-0.3, -0.25) is 14.3 Å². The summed E-state index contributed by atoms with van der Waals surface area (Å²) in [7, 11) is 2.91. The van der Waals surface area contributed by atoms with Crippen LogP contribution in [0.2, 0.25) is 0 Å². The number of carboxylic acids is 1. The minimum Gasteiger partial charge on any atom is -0.480 e. The monoisotopic (exact) mass is 281 g/mol. The van der Waals surface area contributed by atoms with Crippen molar-refractivity contribution in [1.29, 1.82) is 0 Å². The Balaban J connectivity index is 2.43. The number of carbonyl (C=O) groups excluding carboxylic acids is 1. The number of esters is 1. The Hall–Kier alpha value is -1.92. The molecular weight excluding hydrogens is 262 g/mol. The molecule has 1 fully saturated rings. The highest BCUT2D eigenvalue weighted by molar-refractivity contribution is 5.99. The second-order valence-corrected chi connectivity index (χ2v) is 5.23. The molecule has 0 bridgehead atoms. The number of aromatic nitrogens is 3. The highest BCUT2D eigenvalue weighted by Gasteiger charge is 2.54. The van der Waals surface area contributed by atoms with Crippen molar-refractivity contribution in [2.45, 2.75) is 32.1 Å². The first kappa shape index (κ1) is 14.5. The van der Waals surface area contributed by atoms with Crippen molar-refractivity contribution in [3.63, 3.8) is 0 Å². The van der Waals surface area contributed by atoms with Crippen LogP contribution in [0.3, 0.4) is 0 Å². The van der Waals surface area contributed by atoms with Crippen LogP contribution in [-0.2, 0) is 27.8 Å². The lowest BCUT2D eigenvalue weighted by atomic mass is 9.71. The third-order valence-electron chi connectivity index (χ3n) is 4.23. The summed E-state index contributed by atoms with van der Waals surface area (Å²) in [5.74, 6) is -1.58. The van der Waals surface area contributed by atoms with Gasteiger partial charge in [0.05, 0.1) is 7.11 Å². The van der Waals surface area contributed by atoms with Crippen molar-refractivity contribution in [1.82, 2.24) is 14.8 Å². The molecule has 1 saturated carbocycles. The maximum Gasteiger partial charge on any atom is 0.323 e. The van der Waals surface area contributed by atoms with Crippen LogP contribution >= 0.6 is 0 Å². The second-order valence-electron chi connectivity index (χ2n) is 5.23. The summed E-state index contributed by atoms with van der Waals surface area (Å²) in [6.07, 6.45) is 4.69. The summed E-state index contributed by atoms with van der Waals surface area (Å²) in [4.78, 5) is 28.2. The fourth-order valence-electron chi connectivity index (χ4n) is 3.05. The third kappa shape index (κ3) is 2.28. The summed E-state index contributed by atoms with van der Waals surface area (Å²) < 4.78 is 6.30. The zero-order chi connectivity index (χ0) is 14.8. The van der Waals surface area contributed by atoms with E-state index in [0.717, 1.165) is 25.7 Å².